The fraction of sp³-hybridized carbons (Fsp3) is 0.594. The highest BCUT2D eigenvalue weighted by Crippen LogP contribution is 2.67. The van der Waals surface area contributed by atoms with E-state index in [1.54, 1.807) is 6.92 Å². The van der Waals surface area contributed by atoms with Crippen molar-refractivity contribution in [3.63, 3.8) is 0 Å². The third-order valence-corrected chi connectivity index (χ3v) is 9.26. The van der Waals surface area contributed by atoms with E-state index in [1.807, 2.05) is 31.2 Å². The molecule has 3 aliphatic carbocycles. The Morgan fingerprint density at radius 2 is 1.92 bits per heavy atom. The highest BCUT2D eigenvalue weighted by atomic mass is 16.3. The number of aliphatic hydroxyl groups excluding tert-OH is 3. The van der Waals surface area contributed by atoms with Crippen molar-refractivity contribution < 1.29 is 25.2 Å². The maximum Gasteiger partial charge on any atom is 0.145 e. The Morgan fingerprint density at radius 3 is 2.54 bits per heavy atom. The van der Waals surface area contributed by atoms with Gasteiger partial charge < -0.3 is 20.4 Å². The van der Waals surface area contributed by atoms with E-state index < -0.39 is 22.5 Å². The molecule has 5 heteroatoms. The third-order valence-electron chi connectivity index (χ3n) is 9.26. The molecule has 3 rings (SSSR count). The number of carbonyl (C=O) groups excluding carboxylic acids is 1. The van der Waals surface area contributed by atoms with Crippen LogP contribution in [0, 0.1) is 16.7 Å². The van der Waals surface area contributed by atoms with Gasteiger partial charge in [-0.3, -0.25) is 4.79 Å². The molecule has 0 aromatic heterocycles. The van der Waals surface area contributed by atoms with E-state index in [-0.39, 0.29) is 19.1 Å². The van der Waals surface area contributed by atoms with Crippen molar-refractivity contribution in [2.45, 2.75) is 90.8 Å². The average molecular weight is 511 g/mol. The van der Waals surface area contributed by atoms with Crippen molar-refractivity contribution in [2.75, 3.05) is 13.2 Å². The van der Waals surface area contributed by atoms with Gasteiger partial charge in [-0.25, -0.2) is 0 Å². The molecule has 0 aromatic carbocycles. The van der Waals surface area contributed by atoms with Crippen LogP contribution in [0.4, 0.5) is 0 Å². The van der Waals surface area contributed by atoms with E-state index in [2.05, 4.69) is 26.5 Å². The van der Waals surface area contributed by atoms with Gasteiger partial charge in [0.15, 0.2) is 0 Å². The van der Waals surface area contributed by atoms with Crippen LogP contribution in [0.2, 0.25) is 0 Å². The zero-order chi connectivity index (χ0) is 27.4. The Kier molecular flexibility index (Phi) is 9.39. The molecule has 0 bridgehead atoms. The summed E-state index contributed by atoms with van der Waals surface area (Å²) in [7, 11) is 0. The molecule has 3 aliphatic rings. The van der Waals surface area contributed by atoms with Crippen LogP contribution >= 0.6 is 0 Å². The molecular formula is C32H46O5. The predicted molar refractivity (Wildman–Crippen MR) is 149 cm³/mol. The summed E-state index contributed by atoms with van der Waals surface area (Å²) in [6.45, 7) is 11.8. The number of rotatable bonds is 9. The fourth-order valence-electron chi connectivity index (χ4n) is 7.20. The molecule has 5 nitrogen and oxygen atoms in total. The second-order valence-electron chi connectivity index (χ2n) is 11.8. The van der Waals surface area contributed by atoms with Gasteiger partial charge in [-0.15, -0.1) is 0 Å². The molecule has 2 spiro atoms. The van der Waals surface area contributed by atoms with Gasteiger partial charge in [-0.1, -0.05) is 53.7 Å². The van der Waals surface area contributed by atoms with Crippen LogP contribution in [0.25, 0.3) is 0 Å². The van der Waals surface area contributed by atoms with E-state index >= 15 is 0 Å². The molecular weight excluding hydrogens is 464 g/mol. The first-order valence-electron chi connectivity index (χ1n) is 13.7. The van der Waals surface area contributed by atoms with E-state index in [0.717, 1.165) is 41.4 Å². The Bertz CT molecular complexity index is 1040. The SMILES string of the molecule is C=C(/C=C1\C=C[C@@]2(CC[C@@]3([C@H](CCCO)/C(=C(\C)C=O)CC[C@@]3(C)O)[C@@H]2O)C(CO)=C1)CCC=C(C)C. The first-order chi connectivity index (χ1) is 17.5. The van der Waals surface area contributed by atoms with Crippen molar-refractivity contribution in [3.05, 3.63) is 70.4 Å². The Labute approximate surface area is 222 Å². The van der Waals surface area contributed by atoms with Crippen LogP contribution in [-0.2, 0) is 4.79 Å². The number of aliphatic hydroxyl groups is 4. The quantitative estimate of drug-likeness (QED) is 0.192. The maximum atomic E-state index is 12.2. The minimum absolute atomic E-state index is 0.0106. The number of carbonyl (C=O) groups is 1. The molecule has 37 heavy (non-hydrogen) atoms. The minimum Gasteiger partial charge on any atom is -0.396 e. The smallest absolute Gasteiger partial charge is 0.145 e. The molecule has 0 aromatic rings. The van der Waals surface area contributed by atoms with Crippen LogP contribution in [0.3, 0.4) is 0 Å². The minimum atomic E-state index is -1.16. The molecule has 0 radical (unpaired) electrons. The molecule has 0 heterocycles. The summed E-state index contributed by atoms with van der Waals surface area (Å²) in [6, 6.07) is 0. The van der Waals surface area contributed by atoms with Crippen molar-refractivity contribution in [1.29, 1.82) is 0 Å². The largest absolute Gasteiger partial charge is 0.396 e. The van der Waals surface area contributed by atoms with Crippen LogP contribution in [0.5, 0.6) is 0 Å². The van der Waals surface area contributed by atoms with Crippen LogP contribution < -0.4 is 0 Å². The number of allylic oxidation sites excluding steroid dienone is 9. The zero-order valence-electron chi connectivity index (χ0n) is 23.1. The van der Waals surface area contributed by atoms with Gasteiger partial charge in [-0.2, -0.15) is 0 Å². The number of hydrogen-bond donors (Lipinski definition) is 4. The van der Waals surface area contributed by atoms with Gasteiger partial charge in [-0.05, 0) is 102 Å². The van der Waals surface area contributed by atoms with Gasteiger partial charge in [0.1, 0.15) is 6.29 Å². The lowest BCUT2D eigenvalue weighted by atomic mass is 9.51. The highest BCUT2D eigenvalue weighted by molar-refractivity contribution is 5.74. The lowest BCUT2D eigenvalue weighted by molar-refractivity contribution is -0.173. The molecule has 0 aliphatic heterocycles. The van der Waals surface area contributed by atoms with Crippen LogP contribution in [0.15, 0.2) is 70.4 Å². The third kappa shape index (κ3) is 5.42. The summed E-state index contributed by atoms with van der Waals surface area (Å²) in [4.78, 5) is 11.8. The van der Waals surface area contributed by atoms with Gasteiger partial charge in [0.25, 0.3) is 0 Å². The van der Waals surface area contributed by atoms with Crippen LogP contribution in [-0.4, -0.2) is 51.6 Å². The topological polar surface area (TPSA) is 98.0 Å². The highest BCUT2D eigenvalue weighted by Gasteiger charge is 2.68. The normalized spacial score (nSPS) is 35.7. The zero-order valence-corrected chi connectivity index (χ0v) is 23.1. The van der Waals surface area contributed by atoms with Crippen molar-refractivity contribution in [3.8, 4) is 0 Å². The Balaban J connectivity index is 2.02. The number of hydrogen-bond acceptors (Lipinski definition) is 5. The van der Waals surface area contributed by atoms with E-state index in [9.17, 15) is 25.2 Å². The van der Waals surface area contributed by atoms with Crippen LogP contribution in [0.1, 0.15) is 79.1 Å². The molecule has 2 fully saturated rings. The summed E-state index contributed by atoms with van der Waals surface area (Å²) in [5.41, 5.74) is 2.74. The van der Waals surface area contributed by atoms with E-state index in [1.165, 1.54) is 5.57 Å². The van der Waals surface area contributed by atoms with Gasteiger partial charge in [0.2, 0.25) is 0 Å². The average Bonchev–Trinajstić information content (AvgIpc) is 3.14. The molecule has 2 saturated carbocycles. The van der Waals surface area contributed by atoms with E-state index in [4.69, 9.17) is 0 Å². The summed E-state index contributed by atoms with van der Waals surface area (Å²) < 4.78 is 0. The summed E-state index contributed by atoms with van der Waals surface area (Å²) in [5, 5.41) is 44.2. The van der Waals surface area contributed by atoms with E-state index in [0.29, 0.717) is 44.1 Å². The standard InChI is InChI=1S/C32H46O5/c1-22(2)8-6-9-23(3)18-25-11-14-31(26(19-25)21-35)15-16-32(29(31)36)28(10-7-17-33)27(24(4)20-34)12-13-30(32,5)37/h8,11,14,18-20,28-29,33,35-37H,3,6-7,9-10,12-13,15-17,21H2,1-2,4-5H3/b25-18+,27-24+/t28-,29-,30-,31-,32-/m1/s1. The summed E-state index contributed by atoms with van der Waals surface area (Å²) in [5.74, 6) is -0.233. The lowest BCUT2D eigenvalue weighted by Gasteiger charge is -2.56. The van der Waals surface area contributed by atoms with Crippen molar-refractivity contribution in [2.24, 2.45) is 16.7 Å². The molecule has 0 unspecified atom stereocenters. The lowest BCUT2D eigenvalue weighted by Crippen LogP contribution is -2.60. The predicted octanol–water partition coefficient (Wildman–Crippen LogP) is 5.28. The maximum absolute atomic E-state index is 12.2. The second kappa shape index (κ2) is 11.8. The fourth-order valence-corrected chi connectivity index (χ4v) is 7.20. The van der Waals surface area contributed by atoms with Gasteiger partial charge in [0.05, 0.1) is 18.3 Å². The molecule has 0 saturated heterocycles. The molecule has 4 N–H and O–H groups in total. The van der Waals surface area contributed by atoms with Gasteiger partial charge >= 0.3 is 0 Å². The van der Waals surface area contributed by atoms with Crippen molar-refractivity contribution in [1.82, 2.24) is 0 Å². The summed E-state index contributed by atoms with van der Waals surface area (Å²) in [6.07, 6.45) is 15.2. The summed E-state index contributed by atoms with van der Waals surface area (Å²) >= 11 is 0. The van der Waals surface area contributed by atoms with Crippen molar-refractivity contribution >= 4 is 6.29 Å². The monoisotopic (exact) mass is 510 g/mol. The van der Waals surface area contributed by atoms with Gasteiger partial charge in [0, 0.05) is 17.4 Å². The first-order valence-corrected chi connectivity index (χ1v) is 13.7. The molecule has 0 amide bonds. The Morgan fingerprint density at radius 1 is 1.19 bits per heavy atom. The molecule has 204 valence electrons. The number of aldehydes is 1. The Hall–Kier alpha value is -2.05. The second-order valence-corrected chi connectivity index (χ2v) is 11.8. The molecule has 5 atom stereocenters. The first kappa shape index (κ1) is 29.5.